The van der Waals surface area contributed by atoms with Crippen molar-refractivity contribution < 1.29 is 19.4 Å². The summed E-state index contributed by atoms with van der Waals surface area (Å²) < 4.78 is 5.31. The number of hydrogen-bond acceptors (Lipinski definition) is 5. The van der Waals surface area contributed by atoms with Crippen LogP contribution in [0.5, 0.6) is 11.5 Å². The predicted molar refractivity (Wildman–Crippen MR) is 94.7 cm³/mol. The lowest BCUT2D eigenvalue weighted by Gasteiger charge is -2.06. The third-order valence-electron chi connectivity index (χ3n) is 3.07. The monoisotopic (exact) mass is 341 g/mol. The van der Waals surface area contributed by atoms with Crippen molar-refractivity contribution in [1.29, 1.82) is 0 Å². The van der Waals surface area contributed by atoms with Crippen LogP contribution in [-0.4, -0.2) is 29.7 Å². The average molecular weight is 341 g/mol. The second-order valence-electron chi connectivity index (χ2n) is 5.07. The highest BCUT2D eigenvalue weighted by Crippen LogP contribution is 2.15. The van der Waals surface area contributed by atoms with Gasteiger partial charge in [0.2, 0.25) is 11.8 Å². The van der Waals surface area contributed by atoms with Crippen molar-refractivity contribution in [2.75, 3.05) is 11.9 Å². The van der Waals surface area contributed by atoms with E-state index in [1.807, 2.05) is 6.92 Å². The van der Waals surface area contributed by atoms with Gasteiger partial charge in [0.15, 0.2) is 0 Å². The lowest BCUT2D eigenvalue weighted by Crippen LogP contribution is -2.24. The van der Waals surface area contributed by atoms with E-state index in [9.17, 15) is 9.59 Å². The summed E-state index contributed by atoms with van der Waals surface area (Å²) in [5.74, 6) is -0.117. The summed E-state index contributed by atoms with van der Waals surface area (Å²) in [5, 5.41) is 15.5. The third kappa shape index (κ3) is 6.34. The van der Waals surface area contributed by atoms with Crippen molar-refractivity contribution in [3.63, 3.8) is 0 Å². The number of phenols is 1. The topological polar surface area (TPSA) is 100 Å². The summed E-state index contributed by atoms with van der Waals surface area (Å²) in [5.41, 5.74) is 3.56. The molecule has 7 nitrogen and oxygen atoms in total. The molecule has 2 amide bonds. The Morgan fingerprint density at radius 1 is 1.08 bits per heavy atom. The molecule has 0 atom stereocenters. The van der Waals surface area contributed by atoms with Crippen LogP contribution >= 0.6 is 0 Å². The molecule has 2 aromatic carbocycles. The molecule has 7 heteroatoms. The highest BCUT2D eigenvalue weighted by Gasteiger charge is 2.09. The van der Waals surface area contributed by atoms with Gasteiger partial charge in [-0.25, -0.2) is 5.43 Å². The number of hydrazone groups is 1. The van der Waals surface area contributed by atoms with Gasteiger partial charge in [-0.1, -0.05) is 0 Å². The van der Waals surface area contributed by atoms with E-state index in [0.29, 0.717) is 23.6 Å². The summed E-state index contributed by atoms with van der Waals surface area (Å²) in [7, 11) is 0. The predicted octanol–water partition coefficient (Wildman–Crippen LogP) is 2.27. The third-order valence-corrected chi connectivity index (χ3v) is 3.07. The van der Waals surface area contributed by atoms with Gasteiger partial charge in [-0.15, -0.1) is 0 Å². The Morgan fingerprint density at radius 2 is 1.76 bits per heavy atom. The zero-order valence-corrected chi connectivity index (χ0v) is 13.7. The lowest BCUT2D eigenvalue weighted by molar-refractivity contribution is -0.126. The van der Waals surface area contributed by atoms with Gasteiger partial charge in [-0.3, -0.25) is 9.59 Å². The Morgan fingerprint density at radius 3 is 2.40 bits per heavy atom. The second-order valence-corrected chi connectivity index (χ2v) is 5.07. The van der Waals surface area contributed by atoms with Crippen LogP contribution in [0.1, 0.15) is 18.9 Å². The normalized spacial score (nSPS) is 10.4. The molecule has 0 aromatic heterocycles. The molecule has 0 aliphatic carbocycles. The SMILES string of the molecule is CCOc1ccc(NC(=O)CC(=O)NN=Cc2ccc(O)cc2)cc1. The Labute approximate surface area is 145 Å². The number of carbonyl (C=O) groups excluding carboxylic acids is 2. The van der Waals surface area contributed by atoms with Gasteiger partial charge in [-0.05, 0) is 61.0 Å². The quantitative estimate of drug-likeness (QED) is 0.408. The molecule has 2 aromatic rings. The molecule has 0 aliphatic heterocycles. The van der Waals surface area contributed by atoms with Crippen LogP contribution in [0.2, 0.25) is 0 Å². The van der Waals surface area contributed by atoms with Crippen LogP contribution in [0.15, 0.2) is 53.6 Å². The number of amides is 2. The standard InChI is InChI=1S/C18H19N3O4/c1-2-25-16-9-5-14(6-10-16)20-17(23)11-18(24)21-19-12-13-3-7-15(22)8-4-13/h3-10,12,22H,2,11H2,1H3,(H,20,23)(H,21,24). The molecule has 0 saturated heterocycles. The molecule has 0 unspecified atom stereocenters. The van der Waals surface area contributed by atoms with Crippen LogP contribution in [0.3, 0.4) is 0 Å². The lowest BCUT2D eigenvalue weighted by atomic mass is 10.2. The molecule has 3 N–H and O–H groups in total. The molecule has 0 radical (unpaired) electrons. The van der Waals surface area contributed by atoms with Crippen LogP contribution < -0.4 is 15.5 Å². The highest BCUT2D eigenvalue weighted by molar-refractivity contribution is 6.03. The highest BCUT2D eigenvalue weighted by atomic mass is 16.5. The molecule has 0 heterocycles. The van der Waals surface area contributed by atoms with Gasteiger partial charge in [0, 0.05) is 5.69 Å². The van der Waals surface area contributed by atoms with Crippen molar-refractivity contribution in [2.24, 2.45) is 5.10 Å². The Bertz CT molecular complexity index is 740. The first-order chi connectivity index (χ1) is 12.1. The van der Waals surface area contributed by atoms with Gasteiger partial charge in [0.05, 0.1) is 12.8 Å². The molecule has 130 valence electrons. The summed E-state index contributed by atoms with van der Waals surface area (Å²) in [4.78, 5) is 23.5. The number of ether oxygens (including phenoxy) is 1. The maximum absolute atomic E-state index is 11.8. The summed E-state index contributed by atoms with van der Waals surface area (Å²) in [6, 6.07) is 13.2. The molecule has 0 bridgehead atoms. The van der Waals surface area contributed by atoms with Crippen LogP contribution in [-0.2, 0) is 9.59 Å². The van der Waals surface area contributed by atoms with E-state index < -0.39 is 11.8 Å². The minimum atomic E-state index is -0.529. The van der Waals surface area contributed by atoms with Crippen molar-refractivity contribution in [3.8, 4) is 11.5 Å². The second kappa shape index (κ2) is 9.07. The van der Waals surface area contributed by atoms with E-state index in [-0.39, 0.29) is 12.2 Å². The number of benzene rings is 2. The first-order valence-electron chi connectivity index (χ1n) is 7.70. The minimum absolute atomic E-state index is 0.146. The number of anilines is 1. The number of carbonyl (C=O) groups is 2. The number of hydrogen-bond donors (Lipinski definition) is 3. The molecule has 2 rings (SSSR count). The molecular formula is C18H19N3O4. The fourth-order valence-electron chi connectivity index (χ4n) is 1.93. The van der Waals surface area contributed by atoms with Gasteiger partial charge >= 0.3 is 0 Å². The van der Waals surface area contributed by atoms with E-state index >= 15 is 0 Å². The summed E-state index contributed by atoms with van der Waals surface area (Å²) in [6.07, 6.45) is 1.07. The Hall–Kier alpha value is -3.35. The number of phenolic OH excluding ortho intramolecular Hbond substituents is 1. The number of aromatic hydroxyl groups is 1. The fourth-order valence-corrected chi connectivity index (χ4v) is 1.93. The largest absolute Gasteiger partial charge is 0.508 e. The van der Waals surface area contributed by atoms with E-state index in [1.165, 1.54) is 18.3 Å². The van der Waals surface area contributed by atoms with Crippen LogP contribution in [0, 0.1) is 0 Å². The number of nitrogens with zero attached hydrogens (tertiary/aromatic N) is 1. The van der Waals surface area contributed by atoms with Crippen LogP contribution in [0.25, 0.3) is 0 Å². The van der Waals surface area contributed by atoms with E-state index in [4.69, 9.17) is 9.84 Å². The van der Waals surface area contributed by atoms with E-state index in [1.54, 1.807) is 36.4 Å². The zero-order valence-electron chi connectivity index (χ0n) is 13.7. The summed E-state index contributed by atoms with van der Waals surface area (Å²) in [6.45, 7) is 2.45. The zero-order chi connectivity index (χ0) is 18.1. The van der Waals surface area contributed by atoms with Gasteiger partial charge in [0.25, 0.3) is 0 Å². The summed E-state index contributed by atoms with van der Waals surface area (Å²) >= 11 is 0. The minimum Gasteiger partial charge on any atom is -0.508 e. The van der Waals surface area contributed by atoms with Crippen molar-refractivity contribution >= 4 is 23.7 Å². The molecule has 25 heavy (non-hydrogen) atoms. The van der Waals surface area contributed by atoms with Gasteiger partial charge in [0.1, 0.15) is 17.9 Å². The van der Waals surface area contributed by atoms with E-state index in [2.05, 4.69) is 15.8 Å². The Kier molecular flexibility index (Phi) is 6.53. The maximum Gasteiger partial charge on any atom is 0.249 e. The average Bonchev–Trinajstić information content (AvgIpc) is 2.58. The fraction of sp³-hybridized carbons (Fsp3) is 0.167. The van der Waals surface area contributed by atoms with Gasteiger partial charge in [-0.2, -0.15) is 5.10 Å². The van der Waals surface area contributed by atoms with Crippen molar-refractivity contribution in [1.82, 2.24) is 5.43 Å². The van der Waals surface area contributed by atoms with E-state index in [0.717, 1.165) is 0 Å². The van der Waals surface area contributed by atoms with Gasteiger partial charge < -0.3 is 15.2 Å². The smallest absolute Gasteiger partial charge is 0.249 e. The first-order valence-corrected chi connectivity index (χ1v) is 7.70. The van der Waals surface area contributed by atoms with Crippen LogP contribution in [0.4, 0.5) is 5.69 Å². The maximum atomic E-state index is 11.8. The van der Waals surface area contributed by atoms with Crippen molar-refractivity contribution in [2.45, 2.75) is 13.3 Å². The molecule has 0 fully saturated rings. The molecule has 0 aliphatic rings. The molecule has 0 spiro atoms. The molecule has 0 saturated carbocycles. The van der Waals surface area contributed by atoms with Crippen molar-refractivity contribution in [3.05, 3.63) is 54.1 Å². The number of nitrogens with one attached hydrogen (secondary N) is 2. The Balaban J connectivity index is 1.77. The first kappa shape index (κ1) is 18.0. The molecular weight excluding hydrogens is 322 g/mol. The number of rotatable bonds is 7.